The van der Waals surface area contributed by atoms with Gasteiger partial charge in [-0.1, -0.05) is 0 Å². The molecule has 2 N–H and O–H groups in total. The summed E-state index contributed by atoms with van der Waals surface area (Å²) in [5.74, 6) is 0. The number of hydrogen-bond acceptors (Lipinski definition) is 19. The Labute approximate surface area is 346 Å². The van der Waals surface area contributed by atoms with Crippen LogP contribution in [0.3, 0.4) is 0 Å². The molecule has 0 radical (unpaired) electrons. The molecule has 0 aliphatic rings. The molecule has 22 nitrogen and oxygen atoms in total. The van der Waals surface area contributed by atoms with Gasteiger partial charge < -0.3 is 72.2 Å². The van der Waals surface area contributed by atoms with Gasteiger partial charge in [0, 0.05) is 19.2 Å². The number of nitro groups is 2. The third kappa shape index (κ3) is 35.1. The highest BCUT2D eigenvalue weighted by molar-refractivity contribution is 5.67. The number of anilines is 1. The molecule has 0 aliphatic carbocycles. The molecule has 0 unspecified atom stereocenters. The highest BCUT2D eigenvalue weighted by atomic mass is 16.6. The van der Waals surface area contributed by atoms with Crippen LogP contribution in [0.1, 0.15) is 20.8 Å². The minimum absolute atomic E-state index is 0.181. The topological polar surface area (TPSA) is 247 Å². The third-order valence-corrected chi connectivity index (χ3v) is 6.96. The van der Waals surface area contributed by atoms with Crippen molar-refractivity contribution in [2.24, 2.45) is 0 Å². The molecule has 0 spiro atoms. The first-order chi connectivity index (χ1) is 28.6. The second kappa shape index (κ2) is 37.6. The van der Waals surface area contributed by atoms with Gasteiger partial charge in [-0.2, -0.15) is 0 Å². The van der Waals surface area contributed by atoms with Crippen molar-refractivity contribution in [3.05, 3.63) is 38.4 Å². The van der Waals surface area contributed by atoms with Crippen LogP contribution in [0.15, 0.2) is 18.2 Å². The number of carbonyl (C=O) groups excluding carboxylic acids is 1. The third-order valence-electron chi connectivity index (χ3n) is 6.96. The quantitative estimate of drug-likeness (QED) is 0.0545. The van der Waals surface area contributed by atoms with E-state index in [2.05, 4.69) is 10.6 Å². The summed E-state index contributed by atoms with van der Waals surface area (Å²) in [5.41, 5.74) is -1.06. The van der Waals surface area contributed by atoms with Gasteiger partial charge in [0.2, 0.25) is 0 Å². The van der Waals surface area contributed by atoms with Crippen LogP contribution < -0.4 is 10.6 Å². The van der Waals surface area contributed by atoms with Crippen molar-refractivity contribution in [1.82, 2.24) is 5.32 Å². The Bertz CT molecular complexity index is 1200. The monoisotopic (exact) mass is 854 g/mol. The Morgan fingerprint density at radius 1 is 0.492 bits per heavy atom. The number of nitrogens with one attached hydrogen (secondary N) is 2. The van der Waals surface area contributed by atoms with E-state index in [4.69, 9.17) is 61.6 Å². The SMILES string of the molecule is CC(C)(C)OC(=O)NCCOCCOCCOCCOCCOCCOCCOCCOCCOCCOCCOCCOCCNc1ccc([N+](=O)[O-])cc1[N+](=O)[O-]. The standard InChI is InChI=1S/C37H66N4O18/c1-37(2,3)59-36(42)39-7-9-48-11-13-50-15-17-52-19-21-54-23-25-56-27-29-58-31-30-57-28-26-55-24-22-53-20-18-51-16-14-49-12-10-47-8-6-38-34-5-4-33(40(43)44)32-35(34)41(45)46/h4-5,32,38H,6-31H2,1-3H3,(H,39,42). The van der Waals surface area contributed by atoms with E-state index in [1.54, 1.807) is 0 Å². The fraction of sp³-hybridized carbons (Fsp3) is 0.811. The van der Waals surface area contributed by atoms with Gasteiger partial charge >= 0.3 is 6.09 Å². The number of benzene rings is 1. The van der Waals surface area contributed by atoms with Crippen LogP contribution in [-0.4, -0.2) is 193 Å². The van der Waals surface area contributed by atoms with Crippen LogP contribution in [0.5, 0.6) is 0 Å². The van der Waals surface area contributed by atoms with Crippen LogP contribution in [0, 0.1) is 20.2 Å². The predicted molar refractivity (Wildman–Crippen MR) is 212 cm³/mol. The molecule has 0 heterocycles. The summed E-state index contributed by atoms with van der Waals surface area (Å²) < 4.78 is 70.6. The first kappa shape index (κ1) is 53.6. The Hall–Kier alpha value is -3.39. The molecule has 59 heavy (non-hydrogen) atoms. The highest BCUT2D eigenvalue weighted by Crippen LogP contribution is 2.28. The van der Waals surface area contributed by atoms with Crippen LogP contribution >= 0.6 is 0 Å². The molecule has 0 aromatic heterocycles. The Kier molecular flexibility index (Phi) is 34.2. The lowest BCUT2D eigenvalue weighted by Gasteiger charge is -2.19. The smallest absolute Gasteiger partial charge is 0.407 e. The molecule has 0 bridgehead atoms. The summed E-state index contributed by atoms with van der Waals surface area (Å²) in [4.78, 5) is 32.1. The summed E-state index contributed by atoms with van der Waals surface area (Å²) in [6.45, 7) is 16.4. The zero-order chi connectivity index (χ0) is 43.1. The molecule has 1 amide bonds. The van der Waals surface area contributed by atoms with E-state index in [-0.39, 0.29) is 30.2 Å². The van der Waals surface area contributed by atoms with Gasteiger partial charge in [-0.15, -0.1) is 0 Å². The van der Waals surface area contributed by atoms with Crippen molar-refractivity contribution in [2.75, 3.05) is 177 Å². The van der Waals surface area contributed by atoms with Gasteiger partial charge in [-0.3, -0.25) is 20.2 Å². The molecule has 1 rings (SSSR count). The lowest BCUT2D eigenvalue weighted by molar-refractivity contribution is -0.393. The average molecular weight is 855 g/mol. The maximum atomic E-state index is 11.5. The van der Waals surface area contributed by atoms with E-state index >= 15 is 0 Å². The summed E-state index contributed by atoms with van der Waals surface area (Å²) in [7, 11) is 0. The fourth-order valence-corrected chi connectivity index (χ4v) is 4.25. The lowest BCUT2D eigenvalue weighted by Crippen LogP contribution is -2.34. The van der Waals surface area contributed by atoms with Crippen molar-refractivity contribution in [3.8, 4) is 0 Å². The second-order valence-electron chi connectivity index (χ2n) is 12.9. The number of carbonyl (C=O) groups is 1. The fourth-order valence-electron chi connectivity index (χ4n) is 4.25. The van der Waals surface area contributed by atoms with Crippen molar-refractivity contribution < 1.29 is 76.2 Å². The van der Waals surface area contributed by atoms with Gasteiger partial charge in [0.05, 0.1) is 174 Å². The molecule has 342 valence electrons. The number of alkyl carbamates (subject to hydrolysis) is 1. The van der Waals surface area contributed by atoms with Crippen LogP contribution in [0.25, 0.3) is 0 Å². The average Bonchev–Trinajstić information content (AvgIpc) is 3.19. The molecule has 1 aromatic rings. The first-order valence-corrected chi connectivity index (χ1v) is 19.7. The number of nitro benzene ring substituents is 2. The van der Waals surface area contributed by atoms with Crippen molar-refractivity contribution in [2.45, 2.75) is 26.4 Å². The molecule has 0 aliphatic heterocycles. The molecule has 0 atom stereocenters. The number of ether oxygens (including phenoxy) is 13. The molecular formula is C37H66N4O18. The highest BCUT2D eigenvalue weighted by Gasteiger charge is 2.19. The van der Waals surface area contributed by atoms with Crippen LogP contribution in [-0.2, 0) is 61.6 Å². The van der Waals surface area contributed by atoms with Crippen LogP contribution in [0.4, 0.5) is 21.9 Å². The van der Waals surface area contributed by atoms with E-state index in [1.165, 1.54) is 12.1 Å². The normalized spacial score (nSPS) is 11.5. The van der Waals surface area contributed by atoms with Gasteiger partial charge in [0.15, 0.2) is 0 Å². The summed E-state index contributed by atoms with van der Waals surface area (Å²) >= 11 is 0. The lowest BCUT2D eigenvalue weighted by atomic mass is 10.2. The first-order valence-electron chi connectivity index (χ1n) is 19.7. The van der Waals surface area contributed by atoms with Crippen molar-refractivity contribution in [1.29, 1.82) is 0 Å². The van der Waals surface area contributed by atoms with Crippen molar-refractivity contribution >= 4 is 23.2 Å². The van der Waals surface area contributed by atoms with E-state index in [1.807, 2.05) is 20.8 Å². The Morgan fingerprint density at radius 3 is 1.08 bits per heavy atom. The minimum Gasteiger partial charge on any atom is -0.444 e. The minimum atomic E-state index is -0.684. The molecule has 0 fully saturated rings. The predicted octanol–water partition coefficient (Wildman–Crippen LogP) is 2.64. The van der Waals surface area contributed by atoms with E-state index in [0.717, 1.165) is 6.07 Å². The zero-order valence-electron chi connectivity index (χ0n) is 34.9. The number of nitrogens with zero attached hydrogens (tertiary/aromatic N) is 2. The number of rotatable bonds is 42. The molecule has 0 saturated heterocycles. The number of amides is 1. The molecule has 1 aromatic carbocycles. The largest absolute Gasteiger partial charge is 0.444 e. The molecule has 22 heteroatoms. The molecular weight excluding hydrogens is 788 g/mol. The summed E-state index contributed by atoms with van der Waals surface area (Å²) in [6.07, 6.45) is -0.463. The van der Waals surface area contributed by atoms with Crippen molar-refractivity contribution in [3.63, 3.8) is 0 Å². The van der Waals surface area contributed by atoms with Crippen LogP contribution in [0.2, 0.25) is 0 Å². The van der Waals surface area contributed by atoms with Gasteiger partial charge in [-0.25, -0.2) is 4.79 Å². The van der Waals surface area contributed by atoms with Gasteiger partial charge in [0.25, 0.3) is 11.4 Å². The van der Waals surface area contributed by atoms with Gasteiger partial charge in [0.1, 0.15) is 11.3 Å². The summed E-state index contributed by atoms with van der Waals surface area (Å²) in [6, 6.07) is 3.42. The van der Waals surface area contributed by atoms with Gasteiger partial charge in [-0.05, 0) is 26.8 Å². The maximum absolute atomic E-state index is 11.5. The zero-order valence-corrected chi connectivity index (χ0v) is 34.9. The number of non-ortho nitro benzene ring substituents is 1. The summed E-state index contributed by atoms with van der Waals surface area (Å²) in [5, 5.41) is 27.5. The second-order valence-corrected chi connectivity index (χ2v) is 12.9. The van der Waals surface area contributed by atoms with E-state index in [0.29, 0.717) is 159 Å². The maximum Gasteiger partial charge on any atom is 0.407 e. The Morgan fingerprint density at radius 2 is 0.797 bits per heavy atom. The Balaban J connectivity index is 1.69. The van der Waals surface area contributed by atoms with E-state index < -0.39 is 21.5 Å². The van der Waals surface area contributed by atoms with E-state index in [9.17, 15) is 25.0 Å². The number of hydrogen-bond donors (Lipinski definition) is 2. The molecule has 0 saturated carbocycles.